The minimum Gasteiger partial charge on any atom is -0.312 e. The Bertz CT molecular complexity index is 806. The Morgan fingerprint density at radius 1 is 1.08 bits per heavy atom. The second-order valence-electron chi connectivity index (χ2n) is 8.20. The minimum atomic E-state index is -3.71. The molecule has 1 aromatic carbocycles. The zero-order valence-electron chi connectivity index (χ0n) is 16.2. The van der Waals surface area contributed by atoms with E-state index < -0.39 is 31.0 Å². The average Bonchev–Trinajstić information content (AvgIpc) is 2.86. The molecule has 0 bridgehead atoms. The molecule has 1 aliphatic heterocycles. The second kappa shape index (κ2) is 7.98. The summed E-state index contributed by atoms with van der Waals surface area (Å²) in [5.41, 5.74) is 0.979. The summed E-state index contributed by atoms with van der Waals surface area (Å²) in [5, 5.41) is 2.25. The topological polar surface area (TPSA) is 80.3 Å². The third-order valence-electron chi connectivity index (χ3n) is 4.93. The first-order valence-electron chi connectivity index (χ1n) is 9.25. The first kappa shape index (κ1) is 21.4. The number of hydrogen-bond donors (Lipinski definition) is 1. The largest absolute Gasteiger partial charge is 0.312 e. The van der Waals surface area contributed by atoms with Crippen molar-refractivity contribution in [2.75, 3.05) is 18.1 Å². The van der Waals surface area contributed by atoms with Crippen molar-refractivity contribution < 1.29 is 16.8 Å². The highest BCUT2D eigenvalue weighted by molar-refractivity contribution is 7.96. The first-order valence-corrected chi connectivity index (χ1v) is 12.6. The van der Waals surface area contributed by atoms with Crippen LogP contribution in [0.25, 0.3) is 0 Å². The van der Waals surface area contributed by atoms with Crippen molar-refractivity contribution in [3.05, 3.63) is 29.8 Å². The predicted octanol–water partition coefficient (Wildman–Crippen LogP) is 2.70. The van der Waals surface area contributed by atoms with E-state index in [1.807, 2.05) is 12.1 Å². The van der Waals surface area contributed by atoms with E-state index in [9.17, 15) is 16.8 Å². The SMILES string of the molecule is CCCCCN[C@H]1CS(=O)(=O)C[C@@H]1S(=O)(=O)c1ccc(C(C)(C)C)cc1. The molecule has 5 nitrogen and oxygen atoms in total. The fourth-order valence-electron chi connectivity index (χ4n) is 3.29. The molecule has 1 saturated heterocycles. The molecule has 1 aliphatic rings. The highest BCUT2D eigenvalue weighted by Gasteiger charge is 2.45. The summed E-state index contributed by atoms with van der Waals surface area (Å²) < 4.78 is 50.4. The van der Waals surface area contributed by atoms with E-state index in [1.54, 1.807) is 12.1 Å². The van der Waals surface area contributed by atoms with Crippen LogP contribution >= 0.6 is 0 Å². The lowest BCUT2D eigenvalue weighted by molar-refractivity contribution is 0.513. The number of rotatable bonds is 7. The highest BCUT2D eigenvalue weighted by atomic mass is 32.2. The second-order valence-corrected chi connectivity index (χ2v) is 12.5. The molecule has 148 valence electrons. The van der Waals surface area contributed by atoms with E-state index >= 15 is 0 Å². The summed E-state index contributed by atoms with van der Waals surface area (Å²) >= 11 is 0. The van der Waals surface area contributed by atoms with Crippen LogP contribution in [0.5, 0.6) is 0 Å². The van der Waals surface area contributed by atoms with E-state index in [1.165, 1.54) is 0 Å². The number of benzene rings is 1. The number of unbranched alkanes of at least 4 members (excludes halogenated alkanes) is 2. The van der Waals surface area contributed by atoms with Gasteiger partial charge in [-0.1, -0.05) is 52.7 Å². The molecule has 1 heterocycles. The van der Waals surface area contributed by atoms with E-state index in [0.29, 0.717) is 6.54 Å². The molecular weight excluding hydrogens is 370 g/mol. The molecule has 2 atom stereocenters. The van der Waals surface area contributed by atoms with Gasteiger partial charge in [0.1, 0.15) is 0 Å². The Balaban J connectivity index is 2.24. The molecule has 0 saturated carbocycles. The molecule has 0 aromatic heterocycles. The monoisotopic (exact) mass is 401 g/mol. The van der Waals surface area contributed by atoms with Gasteiger partial charge in [-0.15, -0.1) is 0 Å². The summed E-state index contributed by atoms with van der Waals surface area (Å²) in [6.07, 6.45) is 3.02. The molecule has 0 radical (unpaired) electrons. The predicted molar refractivity (Wildman–Crippen MR) is 106 cm³/mol. The molecule has 0 unspecified atom stereocenters. The van der Waals surface area contributed by atoms with Gasteiger partial charge < -0.3 is 5.32 Å². The third-order valence-corrected chi connectivity index (χ3v) is 9.10. The maximum absolute atomic E-state index is 13.1. The summed E-state index contributed by atoms with van der Waals surface area (Å²) in [4.78, 5) is 0.202. The lowest BCUT2D eigenvalue weighted by Crippen LogP contribution is -2.43. The minimum absolute atomic E-state index is 0.0671. The molecule has 1 fully saturated rings. The van der Waals surface area contributed by atoms with Crippen LogP contribution in [0.15, 0.2) is 29.2 Å². The van der Waals surface area contributed by atoms with Crippen LogP contribution in [0.1, 0.15) is 52.5 Å². The van der Waals surface area contributed by atoms with Crippen molar-refractivity contribution in [3.8, 4) is 0 Å². The lowest BCUT2D eigenvalue weighted by atomic mass is 9.87. The zero-order valence-corrected chi connectivity index (χ0v) is 17.8. The molecule has 1 N–H and O–H groups in total. The van der Waals surface area contributed by atoms with Crippen molar-refractivity contribution in [3.63, 3.8) is 0 Å². The van der Waals surface area contributed by atoms with E-state index in [2.05, 4.69) is 33.0 Å². The Hall–Kier alpha value is -0.920. The van der Waals surface area contributed by atoms with Gasteiger partial charge in [0.15, 0.2) is 19.7 Å². The third kappa shape index (κ3) is 5.08. The number of nitrogens with one attached hydrogen (secondary N) is 1. The van der Waals surface area contributed by atoms with Crippen molar-refractivity contribution in [1.82, 2.24) is 5.32 Å². The Morgan fingerprint density at radius 3 is 2.23 bits per heavy atom. The molecule has 0 spiro atoms. The summed E-state index contributed by atoms with van der Waals surface area (Å²) in [5.74, 6) is -0.412. The van der Waals surface area contributed by atoms with Crippen molar-refractivity contribution in [2.24, 2.45) is 0 Å². The standard InChI is InChI=1S/C19H31NO4S2/c1-5-6-7-12-20-17-13-25(21,22)14-18(17)26(23,24)16-10-8-15(9-11-16)19(2,3)4/h8-11,17-18,20H,5-7,12-14H2,1-4H3/t17-,18-/m0/s1. The quantitative estimate of drug-likeness (QED) is 0.711. The van der Waals surface area contributed by atoms with Crippen LogP contribution in [0.3, 0.4) is 0 Å². The van der Waals surface area contributed by atoms with Gasteiger partial charge in [0, 0.05) is 6.04 Å². The van der Waals surface area contributed by atoms with Gasteiger partial charge in [-0.2, -0.15) is 0 Å². The van der Waals surface area contributed by atoms with Crippen LogP contribution in [0, 0.1) is 0 Å². The first-order chi connectivity index (χ1) is 12.0. The summed E-state index contributed by atoms with van der Waals surface area (Å²) in [6.45, 7) is 8.93. The van der Waals surface area contributed by atoms with E-state index in [4.69, 9.17) is 0 Å². The summed E-state index contributed by atoms with van der Waals surface area (Å²) in [7, 11) is -7.06. The number of hydrogen-bond acceptors (Lipinski definition) is 5. The highest BCUT2D eigenvalue weighted by Crippen LogP contribution is 2.28. The van der Waals surface area contributed by atoms with Crippen LogP contribution in [-0.2, 0) is 25.1 Å². The molecule has 1 aromatic rings. The van der Waals surface area contributed by atoms with Gasteiger partial charge in [0.05, 0.1) is 21.7 Å². The van der Waals surface area contributed by atoms with Crippen LogP contribution in [-0.4, -0.2) is 46.2 Å². The van der Waals surface area contributed by atoms with Gasteiger partial charge >= 0.3 is 0 Å². The van der Waals surface area contributed by atoms with Crippen LogP contribution in [0.2, 0.25) is 0 Å². The fourth-order valence-corrected chi connectivity index (χ4v) is 8.01. The Labute approximate surface area is 158 Å². The molecule has 0 aliphatic carbocycles. The van der Waals surface area contributed by atoms with Crippen molar-refractivity contribution >= 4 is 19.7 Å². The molecule has 7 heteroatoms. The van der Waals surface area contributed by atoms with Gasteiger partial charge in [-0.25, -0.2) is 16.8 Å². The van der Waals surface area contributed by atoms with Gasteiger partial charge in [-0.3, -0.25) is 0 Å². The van der Waals surface area contributed by atoms with Crippen molar-refractivity contribution in [2.45, 2.75) is 68.6 Å². The molecule has 26 heavy (non-hydrogen) atoms. The number of sulfone groups is 2. The Morgan fingerprint density at radius 2 is 1.69 bits per heavy atom. The molecule has 2 rings (SSSR count). The van der Waals surface area contributed by atoms with Crippen molar-refractivity contribution in [1.29, 1.82) is 0 Å². The maximum atomic E-state index is 13.1. The van der Waals surface area contributed by atoms with Crippen LogP contribution < -0.4 is 5.32 Å². The fraction of sp³-hybridized carbons (Fsp3) is 0.684. The van der Waals surface area contributed by atoms with Crippen LogP contribution in [0.4, 0.5) is 0 Å². The maximum Gasteiger partial charge on any atom is 0.183 e. The average molecular weight is 402 g/mol. The van der Waals surface area contributed by atoms with Gasteiger partial charge in [0.25, 0.3) is 0 Å². The lowest BCUT2D eigenvalue weighted by Gasteiger charge is -2.22. The molecular formula is C19H31NO4S2. The van der Waals surface area contributed by atoms with E-state index in [0.717, 1.165) is 24.8 Å². The van der Waals surface area contributed by atoms with Gasteiger partial charge in [-0.05, 0) is 36.1 Å². The van der Waals surface area contributed by atoms with E-state index in [-0.39, 0.29) is 21.8 Å². The zero-order chi connectivity index (χ0) is 19.6. The smallest absolute Gasteiger partial charge is 0.183 e. The Kier molecular flexibility index (Phi) is 6.57. The molecule has 0 amide bonds. The summed E-state index contributed by atoms with van der Waals surface area (Å²) in [6, 6.07) is 6.31. The normalized spacial score (nSPS) is 23.2. The van der Waals surface area contributed by atoms with Gasteiger partial charge in [0.2, 0.25) is 0 Å².